The third kappa shape index (κ3) is 4.93. The molecule has 118 valence electrons. The third-order valence-corrected chi connectivity index (χ3v) is 2.99. The predicted octanol–water partition coefficient (Wildman–Crippen LogP) is 2.90. The first kappa shape index (κ1) is 17.3. The van der Waals surface area contributed by atoms with Crippen molar-refractivity contribution in [2.75, 3.05) is 26.1 Å². The molecule has 0 saturated carbocycles. The lowest BCUT2D eigenvalue weighted by Gasteiger charge is -2.16. The maximum absolute atomic E-state index is 12.7. The highest BCUT2D eigenvalue weighted by molar-refractivity contribution is 6.00. The molecule has 4 nitrogen and oxygen atoms in total. The Kier molecular flexibility index (Phi) is 6.02. The quantitative estimate of drug-likeness (QED) is 0.849. The molecule has 0 spiro atoms. The molecule has 2 N–H and O–H groups in total. The number of hydrogen-bond acceptors (Lipinski definition) is 3. The van der Waals surface area contributed by atoms with E-state index in [1.165, 1.54) is 6.07 Å². The fourth-order valence-corrected chi connectivity index (χ4v) is 1.79. The molecule has 0 saturated heterocycles. The van der Waals surface area contributed by atoms with E-state index in [0.29, 0.717) is 18.7 Å². The lowest BCUT2D eigenvalue weighted by Crippen LogP contribution is -2.34. The summed E-state index contributed by atoms with van der Waals surface area (Å²) >= 11 is 0. The van der Waals surface area contributed by atoms with Crippen LogP contribution in [0.25, 0.3) is 0 Å². The van der Waals surface area contributed by atoms with Crippen LogP contribution in [0.2, 0.25) is 0 Å². The Morgan fingerprint density at radius 1 is 1.38 bits per heavy atom. The van der Waals surface area contributed by atoms with Crippen LogP contribution in [0.1, 0.15) is 29.3 Å². The number of carbonyl (C=O) groups excluding carboxylic acids is 1. The Morgan fingerprint density at radius 3 is 2.57 bits per heavy atom. The van der Waals surface area contributed by atoms with Gasteiger partial charge in [0.1, 0.15) is 0 Å². The van der Waals surface area contributed by atoms with E-state index in [0.717, 1.165) is 12.1 Å². The van der Waals surface area contributed by atoms with Crippen molar-refractivity contribution >= 4 is 11.6 Å². The molecule has 7 heteroatoms. The van der Waals surface area contributed by atoms with Gasteiger partial charge in [0.25, 0.3) is 5.91 Å². The molecule has 0 radical (unpaired) electrons. The second kappa shape index (κ2) is 7.31. The average molecular weight is 304 g/mol. The molecule has 0 aliphatic rings. The van der Waals surface area contributed by atoms with Gasteiger partial charge in [-0.25, -0.2) is 0 Å². The maximum atomic E-state index is 12.7. The predicted molar refractivity (Wildman–Crippen MR) is 74.4 cm³/mol. The molecule has 1 atom stereocenters. The molecular formula is C14H19F3N2O2. The lowest BCUT2D eigenvalue weighted by atomic mass is 10.1. The van der Waals surface area contributed by atoms with E-state index in [2.05, 4.69) is 10.6 Å². The number of halogens is 3. The number of alkyl halides is 3. The SMILES string of the molecule is CNc1ccc(C(F)(F)F)cc1C(=O)NC(C)CCOC. The minimum absolute atomic E-state index is 0.0309. The van der Waals surface area contributed by atoms with Crippen molar-refractivity contribution in [3.8, 4) is 0 Å². The van der Waals surface area contributed by atoms with Crippen molar-refractivity contribution in [3.05, 3.63) is 29.3 Å². The molecule has 1 amide bonds. The number of hydrogen-bond donors (Lipinski definition) is 2. The lowest BCUT2D eigenvalue weighted by molar-refractivity contribution is -0.137. The Bertz CT molecular complexity index is 490. The average Bonchev–Trinajstić information content (AvgIpc) is 2.43. The van der Waals surface area contributed by atoms with Gasteiger partial charge in [0.2, 0.25) is 0 Å². The highest BCUT2D eigenvalue weighted by Gasteiger charge is 2.31. The van der Waals surface area contributed by atoms with Crippen LogP contribution in [-0.4, -0.2) is 32.7 Å². The van der Waals surface area contributed by atoms with Crippen LogP contribution < -0.4 is 10.6 Å². The van der Waals surface area contributed by atoms with Crippen molar-refractivity contribution in [1.29, 1.82) is 0 Å². The van der Waals surface area contributed by atoms with Gasteiger partial charge in [0.05, 0.1) is 11.1 Å². The first-order valence-corrected chi connectivity index (χ1v) is 6.48. The molecular weight excluding hydrogens is 285 g/mol. The Hall–Kier alpha value is -1.76. The molecule has 1 rings (SSSR count). The number of anilines is 1. The van der Waals surface area contributed by atoms with Gasteiger partial charge in [-0.15, -0.1) is 0 Å². The molecule has 0 heterocycles. The Morgan fingerprint density at radius 2 is 2.05 bits per heavy atom. The van der Waals surface area contributed by atoms with E-state index in [1.54, 1.807) is 21.1 Å². The van der Waals surface area contributed by atoms with Gasteiger partial charge in [0, 0.05) is 32.5 Å². The van der Waals surface area contributed by atoms with Gasteiger partial charge in [-0.1, -0.05) is 0 Å². The molecule has 0 bridgehead atoms. The zero-order chi connectivity index (χ0) is 16.0. The van der Waals surface area contributed by atoms with Gasteiger partial charge >= 0.3 is 6.18 Å². The Labute approximate surface area is 121 Å². The number of ether oxygens (including phenoxy) is 1. The minimum Gasteiger partial charge on any atom is -0.387 e. The number of rotatable bonds is 6. The molecule has 0 aliphatic heterocycles. The van der Waals surface area contributed by atoms with Crippen molar-refractivity contribution in [2.45, 2.75) is 25.6 Å². The molecule has 21 heavy (non-hydrogen) atoms. The minimum atomic E-state index is -4.48. The van der Waals surface area contributed by atoms with E-state index >= 15 is 0 Å². The molecule has 1 unspecified atom stereocenters. The summed E-state index contributed by atoms with van der Waals surface area (Å²) in [6, 6.07) is 2.84. The summed E-state index contributed by atoms with van der Waals surface area (Å²) < 4.78 is 43.1. The van der Waals surface area contributed by atoms with Crippen LogP contribution in [0.15, 0.2) is 18.2 Å². The van der Waals surface area contributed by atoms with Crippen molar-refractivity contribution in [1.82, 2.24) is 5.32 Å². The van der Waals surface area contributed by atoms with Crippen LogP contribution in [0.4, 0.5) is 18.9 Å². The number of carbonyl (C=O) groups is 1. The number of benzene rings is 1. The first-order chi connectivity index (χ1) is 9.79. The molecule has 0 aliphatic carbocycles. The maximum Gasteiger partial charge on any atom is 0.416 e. The summed E-state index contributed by atoms with van der Waals surface area (Å²) in [5.74, 6) is -0.547. The fourth-order valence-electron chi connectivity index (χ4n) is 1.79. The van der Waals surface area contributed by atoms with Gasteiger partial charge in [-0.2, -0.15) is 13.2 Å². The summed E-state index contributed by atoms with van der Waals surface area (Å²) in [4.78, 5) is 12.1. The van der Waals surface area contributed by atoms with E-state index in [4.69, 9.17) is 4.74 Å². The highest BCUT2D eigenvalue weighted by atomic mass is 19.4. The smallest absolute Gasteiger partial charge is 0.387 e. The van der Waals surface area contributed by atoms with E-state index in [-0.39, 0.29) is 11.6 Å². The number of nitrogens with one attached hydrogen (secondary N) is 2. The standard InChI is InChI=1S/C14H19F3N2O2/c1-9(6-7-21-3)19-13(20)11-8-10(14(15,16)17)4-5-12(11)18-2/h4-5,8-9,18H,6-7H2,1-3H3,(H,19,20). The van der Waals surface area contributed by atoms with Gasteiger partial charge in [-0.05, 0) is 31.5 Å². The zero-order valence-corrected chi connectivity index (χ0v) is 12.2. The summed E-state index contributed by atoms with van der Waals surface area (Å²) in [6.07, 6.45) is -3.90. The monoisotopic (exact) mass is 304 g/mol. The normalized spacial score (nSPS) is 12.9. The Balaban J connectivity index is 2.96. The number of amides is 1. The van der Waals surface area contributed by atoms with Crippen molar-refractivity contribution in [2.24, 2.45) is 0 Å². The van der Waals surface area contributed by atoms with E-state index < -0.39 is 17.6 Å². The van der Waals surface area contributed by atoms with Crippen molar-refractivity contribution < 1.29 is 22.7 Å². The summed E-state index contributed by atoms with van der Waals surface area (Å²) in [5.41, 5.74) is -0.535. The topological polar surface area (TPSA) is 50.4 Å². The van der Waals surface area contributed by atoms with Crippen LogP contribution in [0.5, 0.6) is 0 Å². The summed E-state index contributed by atoms with van der Waals surface area (Å²) in [6.45, 7) is 2.23. The number of methoxy groups -OCH3 is 1. The van der Waals surface area contributed by atoms with Gasteiger partial charge < -0.3 is 15.4 Å². The molecule has 1 aromatic rings. The fraction of sp³-hybridized carbons (Fsp3) is 0.500. The van der Waals surface area contributed by atoms with Gasteiger partial charge in [-0.3, -0.25) is 4.79 Å². The zero-order valence-electron chi connectivity index (χ0n) is 12.2. The van der Waals surface area contributed by atoms with Crippen molar-refractivity contribution in [3.63, 3.8) is 0 Å². The van der Waals surface area contributed by atoms with E-state index in [1.807, 2.05) is 0 Å². The second-order valence-electron chi connectivity index (χ2n) is 4.66. The first-order valence-electron chi connectivity index (χ1n) is 6.48. The molecule has 1 aromatic carbocycles. The summed E-state index contributed by atoms with van der Waals surface area (Å²) in [5, 5.41) is 5.38. The van der Waals surface area contributed by atoms with Crippen LogP contribution in [0, 0.1) is 0 Å². The second-order valence-corrected chi connectivity index (χ2v) is 4.66. The van der Waals surface area contributed by atoms with Crippen LogP contribution in [0.3, 0.4) is 0 Å². The van der Waals surface area contributed by atoms with Crippen LogP contribution in [-0.2, 0) is 10.9 Å². The highest BCUT2D eigenvalue weighted by Crippen LogP contribution is 2.31. The van der Waals surface area contributed by atoms with Crippen LogP contribution >= 0.6 is 0 Å². The molecule has 0 aromatic heterocycles. The summed E-state index contributed by atoms with van der Waals surface area (Å²) in [7, 11) is 3.09. The third-order valence-electron chi connectivity index (χ3n) is 2.99. The van der Waals surface area contributed by atoms with Gasteiger partial charge in [0.15, 0.2) is 0 Å². The molecule has 0 fully saturated rings. The largest absolute Gasteiger partial charge is 0.416 e. The van der Waals surface area contributed by atoms with E-state index in [9.17, 15) is 18.0 Å².